The summed E-state index contributed by atoms with van der Waals surface area (Å²) in [4.78, 5) is 0. The minimum atomic E-state index is -2.39. The summed E-state index contributed by atoms with van der Waals surface area (Å²) in [6.07, 6.45) is 0. The molecule has 0 aliphatic heterocycles. The predicted octanol–water partition coefficient (Wildman–Crippen LogP) is 1.04. The molecule has 4 nitrogen and oxygen atoms in total. The van der Waals surface area contributed by atoms with E-state index < -0.39 is 8.88 Å². The Morgan fingerprint density at radius 1 is 1.00 bits per heavy atom. The Morgan fingerprint density at radius 2 is 1.53 bits per heavy atom. The van der Waals surface area contributed by atoms with Crippen molar-refractivity contribution in [2.24, 2.45) is 0 Å². The highest BCUT2D eigenvalue weighted by molar-refractivity contribution is 8.96. The molecule has 12 heteroatoms. The predicted molar refractivity (Wildman–Crippen MR) is 88.0 cm³/mol. The lowest BCUT2D eigenvalue weighted by molar-refractivity contribution is 0.898. The van der Waals surface area contributed by atoms with Crippen LogP contribution in [0.5, 0.6) is 0 Å². The first-order chi connectivity index (χ1) is 6.64. The molecule has 15 heavy (non-hydrogen) atoms. The maximum atomic E-state index is 5.66. The number of anilines is 1. The fraction of sp³-hybridized carbons (Fsp3) is 0. The first-order valence-electron chi connectivity index (χ1n) is 3.25. The molecule has 0 saturated carbocycles. The number of hydrogen-bond acceptors (Lipinski definition) is 6. The van der Waals surface area contributed by atoms with Crippen LogP contribution in [0, 0.1) is 0 Å². The Morgan fingerprint density at radius 3 is 1.87 bits per heavy atom. The molecule has 0 aromatic carbocycles. The lowest BCUT2D eigenvalue weighted by atomic mass is 10.6. The molecule has 0 aliphatic carbocycles. The summed E-state index contributed by atoms with van der Waals surface area (Å²) in [5.74, 6) is 0.144. The van der Waals surface area contributed by atoms with Gasteiger partial charge in [-0.1, -0.05) is 23.6 Å². The van der Waals surface area contributed by atoms with Crippen molar-refractivity contribution in [3.8, 4) is 0 Å². The minimum absolute atomic E-state index is 0.144. The second kappa shape index (κ2) is 5.02. The molecule has 2 N–H and O–H groups in total. The van der Waals surface area contributed by atoms with Gasteiger partial charge in [0.2, 0.25) is 0 Å². The van der Waals surface area contributed by atoms with Crippen molar-refractivity contribution in [2.45, 2.75) is 0 Å². The summed E-state index contributed by atoms with van der Waals surface area (Å²) in [6, 6.07) is 0. The van der Waals surface area contributed by atoms with Gasteiger partial charge in [-0.15, -0.1) is 59.2 Å². The molecule has 1 rings (SSSR count). The standard InChI is InChI=1S/C3H6N4P2S6/c4-2-1(8(10,11)12)3(6-7-5-2)9(13,14)15/h(H2,4,5,6)(H2,10,11,12)(H2,13,14,15). The van der Waals surface area contributed by atoms with Crippen molar-refractivity contribution in [1.29, 1.82) is 0 Å². The first kappa shape index (κ1) is 14.6. The van der Waals surface area contributed by atoms with E-state index >= 15 is 0 Å². The van der Waals surface area contributed by atoms with E-state index in [4.69, 9.17) is 29.3 Å². The van der Waals surface area contributed by atoms with Crippen LogP contribution in [0.25, 0.3) is 0 Å². The number of aromatic nitrogens is 3. The molecule has 0 bridgehead atoms. The van der Waals surface area contributed by atoms with Gasteiger partial charge >= 0.3 is 0 Å². The highest BCUT2D eigenvalue weighted by Crippen LogP contribution is 2.60. The summed E-state index contributed by atoms with van der Waals surface area (Å²) >= 11 is 27.1. The average molecular weight is 352 g/mol. The zero-order valence-electron chi connectivity index (χ0n) is 6.92. The van der Waals surface area contributed by atoms with Gasteiger partial charge < -0.3 is 5.73 Å². The Labute approximate surface area is 118 Å². The SMILES string of the molecule is Nc1nnnc(P(=S)(S)S)c1P(=S)(S)S. The van der Waals surface area contributed by atoms with Gasteiger partial charge in [0, 0.05) is 0 Å². The van der Waals surface area contributed by atoms with E-state index in [1.165, 1.54) is 0 Å². The lowest BCUT2D eigenvalue weighted by Gasteiger charge is -2.16. The third-order valence-corrected chi connectivity index (χ3v) is 6.78. The topological polar surface area (TPSA) is 64.7 Å². The largest absolute Gasteiger partial charge is 0.381 e. The molecule has 0 spiro atoms. The molecule has 0 radical (unpaired) electrons. The highest BCUT2D eigenvalue weighted by atomic mass is 33.2. The minimum Gasteiger partial charge on any atom is -0.381 e. The van der Waals surface area contributed by atoms with Crippen LogP contribution in [0.3, 0.4) is 0 Å². The van der Waals surface area contributed by atoms with E-state index in [9.17, 15) is 0 Å². The zero-order valence-corrected chi connectivity index (χ0v) is 13.9. The van der Waals surface area contributed by atoms with Gasteiger partial charge in [0.15, 0.2) is 5.82 Å². The van der Waals surface area contributed by atoms with Gasteiger partial charge in [0.1, 0.15) is 5.44 Å². The van der Waals surface area contributed by atoms with Crippen LogP contribution in [-0.4, -0.2) is 15.4 Å². The van der Waals surface area contributed by atoms with Crippen molar-refractivity contribution in [2.75, 3.05) is 5.73 Å². The average Bonchev–Trinajstić information content (AvgIpc) is 1.99. The summed E-state index contributed by atoms with van der Waals surface area (Å²) < 4.78 is -4.78. The van der Waals surface area contributed by atoms with Crippen LogP contribution < -0.4 is 16.5 Å². The van der Waals surface area contributed by atoms with Crippen LogP contribution in [-0.2, 0) is 23.6 Å². The third-order valence-electron chi connectivity index (χ3n) is 1.31. The first-order valence-corrected chi connectivity index (χ1v) is 13.5. The molecular formula is C3H6N4P2S6. The summed E-state index contributed by atoms with van der Waals surface area (Å²) in [7, 11) is 0. The van der Waals surface area contributed by atoms with Gasteiger partial charge in [-0.05, 0) is 5.21 Å². The second-order valence-corrected chi connectivity index (χ2v) is 21.1. The number of nitrogens with zero attached hydrogens (tertiary/aromatic N) is 3. The van der Waals surface area contributed by atoms with Gasteiger partial charge in [0.05, 0.1) is 14.2 Å². The van der Waals surface area contributed by atoms with E-state index in [1.807, 2.05) is 0 Å². The van der Waals surface area contributed by atoms with E-state index in [2.05, 4.69) is 64.4 Å². The molecule has 0 saturated heterocycles. The molecule has 0 aliphatic rings. The third kappa shape index (κ3) is 3.74. The number of nitrogen functional groups attached to an aromatic ring is 1. The van der Waals surface area contributed by atoms with Gasteiger partial charge in [-0.3, -0.25) is 0 Å². The van der Waals surface area contributed by atoms with Crippen LogP contribution in [0.4, 0.5) is 5.82 Å². The fourth-order valence-electron chi connectivity index (χ4n) is 0.798. The molecule has 0 amide bonds. The fourth-order valence-corrected chi connectivity index (χ4v) is 7.19. The number of hydrogen-bond donors (Lipinski definition) is 5. The number of rotatable bonds is 2. The van der Waals surface area contributed by atoms with Crippen molar-refractivity contribution < 1.29 is 0 Å². The Balaban J connectivity index is 3.63. The summed E-state index contributed by atoms with van der Waals surface area (Å²) in [5, 5.41) is 11.3. The van der Waals surface area contributed by atoms with E-state index in [1.54, 1.807) is 0 Å². The normalized spacial score (nSPS) is 12.8. The van der Waals surface area contributed by atoms with Crippen LogP contribution in [0.2, 0.25) is 0 Å². The molecule has 0 fully saturated rings. The highest BCUT2D eigenvalue weighted by Gasteiger charge is 2.26. The van der Waals surface area contributed by atoms with Gasteiger partial charge in [-0.25, -0.2) is 0 Å². The summed E-state index contributed by atoms with van der Waals surface area (Å²) in [6.45, 7) is 0. The van der Waals surface area contributed by atoms with E-state index in [0.717, 1.165) is 0 Å². The van der Waals surface area contributed by atoms with Crippen LogP contribution in [0.1, 0.15) is 0 Å². The molecule has 0 atom stereocenters. The molecule has 1 heterocycles. The molecule has 0 unspecified atom stereocenters. The lowest BCUT2D eigenvalue weighted by Crippen LogP contribution is -2.29. The van der Waals surface area contributed by atoms with Crippen molar-refractivity contribution in [3.63, 3.8) is 0 Å². The van der Waals surface area contributed by atoms with Gasteiger partial charge in [0.25, 0.3) is 0 Å². The second-order valence-electron chi connectivity index (χ2n) is 2.43. The Bertz CT molecular complexity index is 477. The molecule has 1 aromatic rings. The molecule has 84 valence electrons. The van der Waals surface area contributed by atoms with Crippen molar-refractivity contribution >= 4 is 98.0 Å². The van der Waals surface area contributed by atoms with Crippen LogP contribution >= 0.6 is 57.9 Å². The monoisotopic (exact) mass is 352 g/mol. The van der Waals surface area contributed by atoms with Crippen molar-refractivity contribution in [3.05, 3.63) is 0 Å². The quantitative estimate of drug-likeness (QED) is 0.405. The Kier molecular flexibility index (Phi) is 4.87. The Hall–Kier alpha value is 1.51. The maximum Gasteiger partial charge on any atom is 0.160 e. The van der Waals surface area contributed by atoms with E-state index in [-0.39, 0.29) is 5.82 Å². The van der Waals surface area contributed by atoms with Gasteiger partial charge in [-0.2, -0.15) is 0 Å². The van der Waals surface area contributed by atoms with E-state index in [0.29, 0.717) is 10.7 Å². The molecular weight excluding hydrogens is 346 g/mol. The summed E-state index contributed by atoms with van der Waals surface area (Å²) in [5.41, 5.74) is 6.04. The maximum absolute atomic E-state index is 5.66. The number of thiol groups is 4. The smallest absolute Gasteiger partial charge is 0.160 e. The number of nitrogens with two attached hydrogens (primary N) is 1. The van der Waals surface area contributed by atoms with Crippen LogP contribution in [0.15, 0.2) is 0 Å². The van der Waals surface area contributed by atoms with Crippen molar-refractivity contribution in [1.82, 2.24) is 15.4 Å². The zero-order chi connectivity index (χ0) is 11.9. The molecule has 1 aromatic heterocycles.